The number of hydrogen-bond acceptors (Lipinski definition) is 4. The first kappa shape index (κ1) is 35.7. The van der Waals surface area contributed by atoms with E-state index in [1.165, 1.54) is 6.42 Å². The van der Waals surface area contributed by atoms with Crippen molar-refractivity contribution in [1.29, 1.82) is 0 Å². The fourth-order valence-electron chi connectivity index (χ4n) is 8.50. The molecular formula is C41H49F3N4O2. The zero-order valence-corrected chi connectivity index (χ0v) is 29.1. The highest BCUT2D eigenvalue weighted by Gasteiger charge is 2.49. The Hall–Kier alpha value is -4.11. The van der Waals surface area contributed by atoms with Gasteiger partial charge in [0.25, 0.3) is 5.91 Å². The summed E-state index contributed by atoms with van der Waals surface area (Å²) >= 11 is 0. The summed E-state index contributed by atoms with van der Waals surface area (Å²) in [4.78, 5) is 34.4. The van der Waals surface area contributed by atoms with Gasteiger partial charge in [0.05, 0.1) is 0 Å². The molecule has 2 fully saturated rings. The van der Waals surface area contributed by atoms with Gasteiger partial charge in [-0.2, -0.15) is 13.2 Å². The van der Waals surface area contributed by atoms with Crippen molar-refractivity contribution in [2.45, 2.75) is 75.9 Å². The molecular weight excluding hydrogens is 637 g/mol. The van der Waals surface area contributed by atoms with Crippen LogP contribution >= 0.6 is 0 Å². The number of piperazine rings is 1. The average molecular weight is 687 g/mol. The van der Waals surface area contributed by atoms with E-state index in [2.05, 4.69) is 34.7 Å². The van der Waals surface area contributed by atoms with Crippen LogP contribution in [0.3, 0.4) is 0 Å². The first-order valence-electron chi connectivity index (χ1n) is 18.2. The number of halogens is 3. The number of carbonyl (C=O) groups is 2. The quantitative estimate of drug-likeness (QED) is 0.156. The molecule has 1 saturated heterocycles. The van der Waals surface area contributed by atoms with Gasteiger partial charge in [-0.1, -0.05) is 86.4 Å². The van der Waals surface area contributed by atoms with Crippen LogP contribution in [0.15, 0.2) is 79.4 Å². The molecule has 9 heteroatoms. The lowest BCUT2D eigenvalue weighted by Gasteiger charge is -2.38. The van der Waals surface area contributed by atoms with Crippen molar-refractivity contribution in [2.75, 3.05) is 50.7 Å². The third-order valence-electron chi connectivity index (χ3n) is 11.0. The summed E-state index contributed by atoms with van der Waals surface area (Å²) in [6, 6.07) is 21.5. The van der Waals surface area contributed by atoms with Gasteiger partial charge in [-0.3, -0.25) is 14.5 Å². The predicted molar refractivity (Wildman–Crippen MR) is 194 cm³/mol. The maximum absolute atomic E-state index is 13.8. The Kier molecular flexibility index (Phi) is 11.0. The second kappa shape index (κ2) is 15.4. The van der Waals surface area contributed by atoms with E-state index in [9.17, 15) is 22.8 Å². The van der Waals surface area contributed by atoms with E-state index in [4.69, 9.17) is 0 Å². The van der Waals surface area contributed by atoms with Gasteiger partial charge in [-0.05, 0) is 79.1 Å². The van der Waals surface area contributed by atoms with Crippen molar-refractivity contribution in [1.82, 2.24) is 15.1 Å². The molecule has 0 aromatic heterocycles. The molecule has 2 amide bonds. The van der Waals surface area contributed by atoms with Crippen LogP contribution in [0.25, 0.3) is 11.1 Å². The SMILES string of the molecule is C=CCN(C(=O)c1cccc(N2CCN(CCCCC3(C(=O)NCC(F)(F)F)c4ccccc4-c4ccccc43)CC2)c1C)C1CCCCC1. The maximum Gasteiger partial charge on any atom is 0.405 e. The summed E-state index contributed by atoms with van der Waals surface area (Å²) < 4.78 is 39.7. The lowest BCUT2D eigenvalue weighted by Crippen LogP contribution is -2.48. The smallest absolute Gasteiger partial charge is 0.369 e. The minimum Gasteiger partial charge on any atom is -0.369 e. The Bertz CT molecular complexity index is 1630. The molecule has 6 nitrogen and oxygen atoms in total. The third kappa shape index (κ3) is 7.34. The number of amides is 2. The van der Waals surface area contributed by atoms with Crippen LogP contribution < -0.4 is 10.2 Å². The van der Waals surface area contributed by atoms with Gasteiger partial charge in [0.15, 0.2) is 0 Å². The van der Waals surface area contributed by atoms with Crippen molar-refractivity contribution >= 4 is 17.5 Å². The average Bonchev–Trinajstić information content (AvgIpc) is 3.42. The van der Waals surface area contributed by atoms with Crippen LogP contribution in [0.1, 0.15) is 78.4 Å². The molecule has 0 unspecified atom stereocenters. The van der Waals surface area contributed by atoms with E-state index < -0.39 is 24.0 Å². The third-order valence-corrected chi connectivity index (χ3v) is 11.0. The molecule has 1 heterocycles. The van der Waals surface area contributed by atoms with Crippen molar-refractivity contribution in [2.24, 2.45) is 0 Å². The number of unbranched alkanes of at least 4 members (excludes halogenated alkanes) is 1. The number of nitrogens with one attached hydrogen (secondary N) is 1. The van der Waals surface area contributed by atoms with Gasteiger partial charge in [0.2, 0.25) is 5.91 Å². The zero-order valence-electron chi connectivity index (χ0n) is 29.1. The second-order valence-corrected chi connectivity index (χ2v) is 14.1. The standard InChI is InChI=1S/C41H49F3N4O2/c1-3-23-48(31-14-5-4-6-15-31)38(49)32-18-13-21-37(30(32)2)47-27-25-46(26-28-47)24-12-11-22-40(39(50)45-29-41(42,43)44)35-19-9-7-16-33(35)34-17-8-10-20-36(34)40/h3,7-10,13,16-21,31H,1,4-6,11-12,14-15,22-29H2,2H3,(H,45,50). The molecule has 2 aliphatic carbocycles. The molecule has 3 aromatic rings. The molecule has 1 saturated carbocycles. The highest BCUT2D eigenvalue weighted by Crippen LogP contribution is 2.51. The Morgan fingerprint density at radius 2 is 1.54 bits per heavy atom. The largest absolute Gasteiger partial charge is 0.405 e. The molecule has 0 bridgehead atoms. The lowest BCUT2D eigenvalue weighted by atomic mass is 9.73. The Morgan fingerprint density at radius 3 is 2.16 bits per heavy atom. The molecule has 3 aromatic carbocycles. The van der Waals surface area contributed by atoms with Gasteiger partial charge in [-0.25, -0.2) is 0 Å². The molecule has 1 N–H and O–H groups in total. The summed E-state index contributed by atoms with van der Waals surface area (Å²) in [6.07, 6.45) is 4.93. The molecule has 50 heavy (non-hydrogen) atoms. The van der Waals surface area contributed by atoms with Crippen LogP contribution in [0.4, 0.5) is 18.9 Å². The Balaban J connectivity index is 1.09. The summed E-state index contributed by atoms with van der Waals surface area (Å²) in [7, 11) is 0. The molecule has 3 aliphatic rings. The molecule has 0 radical (unpaired) electrons. The van der Waals surface area contributed by atoms with E-state index in [0.717, 1.165) is 104 Å². The van der Waals surface area contributed by atoms with Gasteiger partial charge in [-0.15, -0.1) is 6.58 Å². The maximum atomic E-state index is 13.8. The first-order valence-corrected chi connectivity index (χ1v) is 18.2. The fourth-order valence-corrected chi connectivity index (χ4v) is 8.50. The van der Waals surface area contributed by atoms with Crippen LogP contribution in [0.2, 0.25) is 0 Å². The summed E-state index contributed by atoms with van der Waals surface area (Å²) in [6.45, 7) is 9.43. The van der Waals surface area contributed by atoms with Crippen molar-refractivity contribution in [3.05, 3.63) is 102 Å². The number of anilines is 1. The van der Waals surface area contributed by atoms with Crippen LogP contribution in [-0.4, -0.2) is 79.6 Å². The highest BCUT2D eigenvalue weighted by molar-refractivity contribution is 6.00. The number of alkyl halides is 3. The number of nitrogens with zero attached hydrogens (tertiary/aromatic N) is 3. The van der Waals surface area contributed by atoms with Crippen LogP contribution in [0, 0.1) is 6.92 Å². The Morgan fingerprint density at radius 1 is 0.900 bits per heavy atom. The van der Waals surface area contributed by atoms with Crippen LogP contribution in [0.5, 0.6) is 0 Å². The molecule has 0 atom stereocenters. The zero-order chi connectivity index (χ0) is 35.3. The van der Waals surface area contributed by atoms with Crippen molar-refractivity contribution in [3.8, 4) is 11.1 Å². The number of hydrogen-bond donors (Lipinski definition) is 1. The summed E-state index contributed by atoms with van der Waals surface area (Å²) in [5.74, 6) is -0.504. The predicted octanol–water partition coefficient (Wildman–Crippen LogP) is 7.89. The normalized spacial score (nSPS) is 17.6. The first-order chi connectivity index (χ1) is 24.1. The summed E-state index contributed by atoms with van der Waals surface area (Å²) in [5.41, 5.74) is 5.07. The fraction of sp³-hybridized carbons (Fsp3) is 0.463. The lowest BCUT2D eigenvalue weighted by molar-refractivity contribution is -0.141. The monoisotopic (exact) mass is 686 g/mol. The molecule has 266 valence electrons. The van der Waals surface area contributed by atoms with E-state index >= 15 is 0 Å². The topological polar surface area (TPSA) is 55.9 Å². The van der Waals surface area contributed by atoms with E-state index in [1.807, 2.05) is 71.6 Å². The number of carbonyl (C=O) groups excluding carboxylic acids is 2. The highest BCUT2D eigenvalue weighted by atomic mass is 19.4. The number of fused-ring (bicyclic) bond motifs is 3. The molecule has 1 aliphatic heterocycles. The minimum atomic E-state index is -4.49. The molecule has 6 rings (SSSR count). The summed E-state index contributed by atoms with van der Waals surface area (Å²) in [5, 5.41) is 2.23. The minimum absolute atomic E-state index is 0.0900. The number of benzene rings is 3. The molecule has 0 spiro atoms. The van der Waals surface area contributed by atoms with E-state index in [1.54, 1.807) is 0 Å². The van der Waals surface area contributed by atoms with E-state index in [0.29, 0.717) is 19.4 Å². The number of rotatable bonds is 12. The van der Waals surface area contributed by atoms with Gasteiger partial charge >= 0.3 is 6.18 Å². The van der Waals surface area contributed by atoms with Crippen LogP contribution in [-0.2, 0) is 10.2 Å². The van der Waals surface area contributed by atoms with Crippen molar-refractivity contribution < 1.29 is 22.8 Å². The van der Waals surface area contributed by atoms with Gasteiger partial charge < -0.3 is 15.1 Å². The van der Waals surface area contributed by atoms with Crippen molar-refractivity contribution in [3.63, 3.8) is 0 Å². The van der Waals surface area contributed by atoms with E-state index in [-0.39, 0.29) is 11.9 Å². The van der Waals surface area contributed by atoms with Gasteiger partial charge in [0.1, 0.15) is 12.0 Å². The second-order valence-electron chi connectivity index (χ2n) is 14.1. The Labute approximate surface area is 294 Å². The van der Waals surface area contributed by atoms with Gasteiger partial charge in [0, 0.05) is 50.0 Å².